The van der Waals surface area contributed by atoms with E-state index in [1.807, 2.05) is 0 Å². The number of nitro groups is 1. The lowest BCUT2D eigenvalue weighted by Gasteiger charge is -2.13. The van der Waals surface area contributed by atoms with Crippen molar-refractivity contribution in [1.29, 1.82) is 0 Å². The third-order valence-corrected chi connectivity index (χ3v) is 3.21. The zero-order valence-corrected chi connectivity index (χ0v) is 13.0. The second kappa shape index (κ2) is 6.96. The number of non-ortho nitro benzene ring substituents is 1. The molecular weight excluding hydrogens is 351 g/mol. The molecule has 2 aromatic rings. The Morgan fingerprint density at radius 1 is 1.12 bits per heavy atom. The van der Waals surface area contributed by atoms with Crippen LogP contribution in [0.5, 0.6) is 17.2 Å². The van der Waals surface area contributed by atoms with Crippen molar-refractivity contribution in [2.75, 3.05) is 6.61 Å². The summed E-state index contributed by atoms with van der Waals surface area (Å²) in [6.45, 7) is 1.89. The van der Waals surface area contributed by atoms with E-state index in [9.17, 15) is 23.3 Å². The molecule has 0 unspecified atom stereocenters. The smallest absolute Gasteiger partial charge is 0.416 e. The van der Waals surface area contributed by atoms with Gasteiger partial charge >= 0.3 is 6.18 Å². The van der Waals surface area contributed by atoms with Crippen molar-refractivity contribution >= 4 is 17.3 Å². The summed E-state index contributed by atoms with van der Waals surface area (Å²) in [6.07, 6.45) is -4.52. The Kier molecular flexibility index (Phi) is 5.18. The van der Waals surface area contributed by atoms with E-state index in [4.69, 9.17) is 21.1 Å². The fraction of sp³-hybridized carbons (Fsp3) is 0.200. The molecule has 0 saturated heterocycles. The number of alkyl halides is 3. The Labute approximate surface area is 139 Å². The molecule has 0 aromatic heterocycles. The Balaban J connectivity index is 2.35. The van der Waals surface area contributed by atoms with Gasteiger partial charge in [0.2, 0.25) is 0 Å². The first-order valence-electron chi connectivity index (χ1n) is 6.68. The van der Waals surface area contributed by atoms with Crippen molar-refractivity contribution in [2.24, 2.45) is 0 Å². The summed E-state index contributed by atoms with van der Waals surface area (Å²) in [7, 11) is 0. The molecule has 5 nitrogen and oxygen atoms in total. The van der Waals surface area contributed by atoms with Crippen LogP contribution in [0.3, 0.4) is 0 Å². The van der Waals surface area contributed by atoms with Gasteiger partial charge in [0.15, 0.2) is 11.5 Å². The SMILES string of the molecule is CCOc1cc([N+](=O)[O-])ccc1Oc1ccc(C(F)(F)F)cc1Cl. The molecule has 0 fully saturated rings. The van der Waals surface area contributed by atoms with Gasteiger partial charge in [0.1, 0.15) is 5.75 Å². The fourth-order valence-electron chi connectivity index (χ4n) is 1.84. The quantitative estimate of drug-likeness (QED) is 0.524. The summed E-state index contributed by atoms with van der Waals surface area (Å²) in [5, 5.41) is 10.5. The van der Waals surface area contributed by atoms with Crippen molar-refractivity contribution in [2.45, 2.75) is 13.1 Å². The number of nitro benzene ring substituents is 1. The third kappa shape index (κ3) is 4.08. The zero-order valence-electron chi connectivity index (χ0n) is 12.3. The van der Waals surface area contributed by atoms with Gasteiger partial charge in [0.25, 0.3) is 5.69 Å². The largest absolute Gasteiger partial charge is 0.490 e. The lowest BCUT2D eigenvalue weighted by molar-refractivity contribution is -0.385. The molecular formula is C15H11ClF3NO4. The van der Waals surface area contributed by atoms with Crippen LogP contribution in [0.4, 0.5) is 18.9 Å². The number of hydrogen-bond donors (Lipinski definition) is 0. The highest BCUT2D eigenvalue weighted by molar-refractivity contribution is 6.32. The molecule has 0 aliphatic heterocycles. The first-order valence-corrected chi connectivity index (χ1v) is 7.06. The summed E-state index contributed by atoms with van der Waals surface area (Å²) < 4.78 is 48.6. The van der Waals surface area contributed by atoms with Gasteiger partial charge in [0.05, 0.1) is 28.2 Å². The van der Waals surface area contributed by atoms with Gasteiger partial charge in [-0.25, -0.2) is 0 Å². The number of rotatable bonds is 5. The second-order valence-electron chi connectivity index (χ2n) is 4.57. The van der Waals surface area contributed by atoms with Crippen molar-refractivity contribution in [3.8, 4) is 17.2 Å². The highest BCUT2D eigenvalue weighted by Gasteiger charge is 2.31. The van der Waals surface area contributed by atoms with Crippen LogP contribution in [0.25, 0.3) is 0 Å². The van der Waals surface area contributed by atoms with Crippen LogP contribution >= 0.6 is 11.6 Å². The number of ether oxygens (including phenoxy) is 2. The molecule has 0 aliphatic carbocycles. The molecule has 0 spiro atoms. The van der Waals surface area contributed by atoms with Crippen LogP contribution in [-0.4, -0.2) is 11.5 Å². The van der Waals surface area contributed by atoms with Gasteiger partial charge < -0.3 is 9.47 Å². The molecule has 0 N–H and O–H groups in total. The number of benzene rings is 2. The minimum absolute atomic E-state index is 0.0283. The zero-order chi connectivity index (χ0) is 17.9. The van der Waals surface area contributed by atoms with E-state index in [1.54, 1.807) is 6.92 Å². The Bertz CT molecular complexity index is 765. The molecule has 2 aromatic carbocycles. The lowest BCUT2D eigenvalue weighted by Crippen LogP contribution is -2.04. The highest BCUT2D eigenvalue weighted by Crippen LogP contribution is 2.39. The minimum Gasteiger partial charge on any atom is -0.490 e. The highest BCUT2D eigenvalue weighted by atomic mass is 35.5. The average Bonchev–Trinajstić information content (AvgIpc) is 2.49. The van der Waals surface area contributed by atoms with Crippen LogP contribution < -0.4 is 9.47 Å². The topological polar surface area (TPSA) is 61.6 Å². The molecule has 0 aliphatic rings. The van der Waals surface area contributed by atoms with Crippen molar-refractivity contribution in [3.05, 3.63) is 57.1 Å². The van der Waals surface area contributed by atoms with E-state index < -0.39 is 16.7 Å². The Morgan fingerprint density at radius 3 is 2.33 bits per heavy atom. The maximum Gasteiger partial charge on any atom is 0.416 e. The summed E-state index contributed by atoms with van der Waals surface area (Å²) >= 11 is 5.82. The lowest BCUT2D eigenvalue weighted by atomic mass is 10.2. The van der Waals surface area contributed by atoms with Crippen LogP contribution in [0.1, 0.15) is 12.5 Å². The van der Waals surface area contributed by atoms with Crippen LogP contribution in [0.2, 0.25) is 5.02 Å². The molecule has 9 heteroatoms. The fourth-order valence-corrected chi connectivity index (χ4v) is 2.06. The molecule has 0 bridgehead atoms. The summed E-state index contributed by atoms with van der Waals surface area (Å²) in [6, 6.07) is 6.28. The predicted octanol–water partition coefficient (Wildman–Crippen LogP) is 5.46. The Hall–Kier alpha value is -2.48. The van der Waals surface area contributed by atoms with Crippen molar-refractivity contribution in [1.82, 2.24) is 0 Å². The standard InChI is InChI=1S/C15H11ClF3NO4/c1-2-23-14-8-10(20(21)22)4-6-13(14)24-12-5-3-9(7-11(12)16)15(17,18)19/h3-8H,2H2,1H3. The number of halogens is 4. The Morgan fingerprint density at radius 2 is 1.79 bits per heavy atom. The minimum atomic E-state index is -4.52. The van der Waals surface area contributed by atoms with E-state index in [-0.39, 0.29) is 34.6 Å². The van der Waals surface area contributed by atoms with Crippen LogP contribution in [-0.2, 0) is 6.18 Å². The van der Waals surface area contributed by atoms with Gasteiger partial charge in [-0.05, 0) is 31.2 Å². The molecule has 0 saturated carbocycles. The van der Waals surface area contributed by atoms with E-state index in [0.717, 1.165) is 24.3 Å². The molecule has 2 rings (SSSR count). The predicted molar refractivity (Wildman–Crippen MR) is 80.8 cm³/mol. The van der Waals surface area contributed by atoms with Crippen molar-refractivity contribution in [3.63, 3.8) is 0 Å². The van der Waals surface area contributed by atoms with E-state index in [2.05, 4.69) is 0 Å². The van der Waals surface area contributed by atoms with Gasteiger partial charge in [-0.2, -0.15) is 13.2 Å². The maximum atomic E-state index is 12.6. The van der Waals surface area contributed by atoms with Crippen LogP contribution in [0.15, 0.2) is 36.4 Å². The van der Waals surface area contributed by atoms with E-state index in [1.165, 1.54) is 12.1 Å². The number of nitrogens with zero attached hydrogens (tertiary/aromatic N) is 1. The number of hydrogen-bond acceptors (Lipinski definition) is 4. The summed E-state index contributed by atoms with van der Waals surface area (Å²) in [5.74, 6) is 0.159. The summed E-state index contributed by atoms with van der Waals surface area (Å²) in [5.41, 5.74) is -1.11. The third-order valence-electron chi connectivity index (χ3n) is 2.92. The molecule has 0 radical (unpaired) electrons. The molecule has 0 heterocycles. The second-order valence-corrected chi connectivity index (χ2v) is 4.97. The molecule has 0 atom stereocenters. The molecule has 24 heavy (non-hydrogen) atoms. The van der Waals surface area contributed by atoms with Gasteiger partial charge in [0, 0.05) is 6.07 Å². The van der Waals surface area contributed by atoms with Crippen LogP contribution in [0, 0.1) is 10.1 Å². The first-order chi connectivity index (χ1) is 11.2. The van der Waals surface area contributed by atoms with Gasteiger partial charge in [-0.15, -0.1) is 0 Å². The van der Waals surface area contributed by atoms with Gasteiger partial charge in [-0.3, -0.25) is 10.1 Å². The average molecular weight is 362 g/mol. The maximum absolute atomic E-state index is 12.6. The van der Waals surface area contributed by atoms with Crippen molar-refractivity contribution < 1.29 is 27.6 Å². The molecule has 0 amide bonds. The molecule has 128 valence electrons. The monoisotopic (exact) mass is 361 g/mol. The van der Waals surface area contributed by atoms with Gasteiger partial charge in [-0.1, -0.05) is 11.6 Å². The van der Waals surface area contributed by atoms with E-state index >= 15 is 0 Å². The normalized spacial score (nSPS) is 11.2. The van der Waals surface area contributed by atoms with E-state index in [0.29, 0.717) is 0 Å². The first kappa shape index (κ1) is 17.9. The summed E-state index contributed by atoms with van der Waals surface area (Å²) in [4.78, 5) is 10.2.